The number of amides is 1. The lowest BCUT2D eigenvalue weighted by Crippen LogP contribution is -2.29. The predicted molar refractivity (Wildman–Crippen MR) is 132 cm³/mol. The molecular formula is C26H23BrN2O6. The SMILES string of the molecule is CCOc1cccc(/C(O)=C2\C(=O)C(=O)N(Cc3cccnc3)C2c2cc(Br)c(O)c(OC)c2)c1. The molecule has 1 saturated heterocycles. The van der Waals surface area contributed by atoms with E-state index in [1.165, 1.54) is 18.1 Å². The Bertz CT molecular complexity index is 1310. The summed E-state index contributed by atoms with van der Waals surface area (Å²) in [6.45, 7) is 2.35. The van der Waals surface area contributed by atoms with Gasteiger partial charge in [-0.2, -0.15) is 0 Å². The van der Waals surface area contributed by atoms with Crippen LogP contribution in [0.1, 0.15) is 29.7 Å². The lowest BCUT2D eigenvalue weighted by Gasteiger charge is -2.26. The number of halogens is 1. The van der Waals surface area contributed by atoms with Gasteiger partial charge in [-0.3, -0.25) is 14.6 Å². The third kappa shape index (κ3) is 4.72. The molecule has 2 N–H and O–H groups in total. The van der Waals surface area contributed by atoms with Gasteiger partial charge in [0, 0.05) is 24.5 Å². The van der Waals surface area contributed by atoms with Crippen LogP contribution in [0.15, 0.2) is 71.0 Å². The molecule has 1 aliphatic rings. The number of hydrogen-bond donors (Lipinski definition) is 2. The molecule has 0 radical (unpaired) electrons. The summed E-state index contributed by atoms with van der Waals surface area (Å²) in [6.07, 6.45) is 3.22. The van der Waals surface area contributed by atoms with Crippen molar-refractivity contribution in [2.75, 3.05) is 13.7 Å². The number of pyridine rings is 1. The molecule has 2 heterocycles. The minimum absolute atomic E-state index is 0.0767. The predicted octanol–water partition coefficient (Wildman–Crippen LogP) is 4.58. The number of phenolic OH excluding ortho intramolecular Hbond substituents is 1. The number of Topliss-reactive ketones (excluding diaryl/α,β-unsaturated/α-hetero) is 1. The van der Waals surface area contributed by atoms with Crippen molar-refractivity contribution in [3.05, 3.63) is 87.7 Å². The molecule has 3 aromatic rings. The highest BCUT2D eigenvalue weighted by Crippen LogP contribution is 2.45. The van der Waals surface area contributed by atoms with Crippen LogP contribution in [0.5, 0.6) is 17.2 Å². The number of carbonyl (C=O) groups is 2. The van der Waals surface area contributed by atoms with Gasteiger partial charge in [0.1, 0.15) is 11.5 Å². The second-order valence-electron chi connectivity index (χ2n) is 7.80. The number of rotatable bonds is 7. The number of ether oxygens (including phenoxy) is 2. The molecule has 1 aromatic heterocycles. The van der Waals surface area contributed by atoms with Crippen molar-refractivity contribution in [2.24, 2.45) is 0 Å². The Labute approximate surface area is 210 Å². The van der Waals surface area contributed by atoms with Crippen LogP contribution in [-0.4, -0.2) is 45.5 Å². The van der Waals surface area contributed by atoms with Gasteiger partial charge in [0.05, 0.1) is 29.8 Å². The van der Waals surface area contributed by atoms with Crippen molar-refractivity contribution in [1.82, 2.24) is 9.88 Å². The highest BCUT2D eigenvalue weighted by Gasteiger charge is 2.46. The summed E-state index contributed by atoms with van der Waals surface area (Å²) in [6, 6.07) is 12.4. The maximum atomic E-state index is 13.3. The third-order valence-corrected chi connectivity index (χ3v) is 6.23. The van der Waals surface area contributed by atoms with Crippen LogP contribution in [0.25, 0.3) is 5.76 Å². The number of ketones is 1. The molecule has 1 atom stereocenters. The molecule has 9 heteroatoms. The van der Waals surface area contributed by atoms with Crippen LogP contribution in [0, 0.1) is 0 Å². The van der Waals surface area contributed by atoms with E-state index in [-0.39, 0.29) is 29.4 Å². The topological polar surface area (TPSA) is 109 Å². The van der Waals surface area contributed by atoms with Crippen molar-refractivity contribution < 1.29 is 29.3 Å². The van der Waals surface area contributed by atoms with E-state index >= 15 is 0 Å². The first-order valence-corrected chi connectivity index (χ1v) is 11.6. The number of benzene rings is 2. The number of aromatic nitrogens is 1. The first-order chi connectivity index (χ1) is 16.8. The fourth-order valence-electron chi connectivity index (χ4n) is 4.04. The molecule has 0 saturated carbocycles. The number of nitrogens with zero attached hydrogens (tertiary/aromatic N) is 2. The minimum Gasteiger partial charge on any atom is -0.507 e. The van der Waals surface area contributed by atoms with E-state index in [4.69, 9.17) is 9.47 Å². The van der Waals surface area contributed by atoms with E-state index in [1.54, 1.807) is 54.9 Å². The number of carbonyl (C=O) groups excluding carboxylic acids is 2. The molecule has 8 nitrogen and oxygen atoms in total. The molecule has 1 fully saturated rings. The largest absolute Gasteiger partial charge is 0.507 e. The first kappa shape index (κ1) is 24.3. The van der Waals surface area contributed by atoms with Gasteiger partial charge in [0.2, 0.25) is 0 Å². The van der Waals surface area contributed by atoms with E-state index in [0.717, 1.165) is 0 Å². The Balaban J connectivity index is 1.91. The number of aliphatic hydroxyl groups excluding tert-OH is 1. The number of likely N-dealkylation sites (tertiary alicyclic amines) is 1. The smallest absolute Gasteiger partial charge is 0.295 e. The van der Waals surface area contributed by atoms with Crippen LogP contribution in [0.4, 0.5) is 0 Å². The lowest BCUT2D eigenvalue weighted by atomic mass is 9.94. The van der Waals surface area contributed by atoms with Gasteiger partial charge in [-0.15, -0.1) is 0 Å². The second kappa shape index (κ2) is 10.2. The number of phenols is 1. The molecule has 2 aromatic carbocycles. The van der Waals surface area contributed by atoms with Crippen LogP contribution in [0.3, 0.4) is 0 Å². The molecule has 0 bridgehead atoms. The van der Waals surface area contributed by atoms with Gasteiger partial charge in [0.15, 0.2) is 11.5 Å². The summed E-state index contributed by atoms with van der Waals surface area (Å²) in [5.74, 6) is -1.35. The van der Waals surface area contributed by atoms with Crippen molar-refractivity contribution in [3.8, 4) is 17.2 Å². The van der Waals surface area contributed by atoms with Crippen molar-refractivity contribution in [3.63, 3.8) is 0 Å². The Hall–Kier alpha value is -3.85. The standard InChI is InChI=1S/C26H23BrN2O6/c1-3-35-18-8-4-7-16(10-18)23(30)21-22(17-11-19(27)24(31)20(12-17)34-2)29(26(33)25(21)32)14-15-6-5-9-28-13-15/h4-13,22,30-31H,3,14H2,1-2H3/b23-21+. The number of aliphatic hydroxyl groups is 1. The van der Waals surface area contributed by atoms with E-state index in [9.17, 15) is 19.8 Å². The average molecular weight is 539 g/mol. The number of hydrogen-bond acceptors (Lipinski definition) is 7. The second-order valence-corrected chi connectivity index (χ2v) is 8.66. The van der Waals surface area contributed by atoms with Gasteiger partial charge in [-0.05, 0) is 64.3 Å². The quantitative estimate of drug-likeness (QED) is 0.257. The Kier molecular flexibility index (Phi) is 7.07. The van der Waals surface area contributed by atoms with Crippen molar-refractivity contribution in [1.29, 1.82) is 0 Å². The summed E-state index contributed by atoms with van der Waals surface area (Å²) in [5.41, 5.74) is 1.44. The van der Waals surface area contributed by atoms with Crippen LogP contribution in [-0.2, 0) is 16.1 Å². The zero-order valence-electron chi connectivity index (χ0n) is 19.1. The van der Waals surface area contributed by atoms with E-state index in [1.807, 2.05) is 6.92 Å². The molecule has 35 heavy (non-hydrogen) atoms. The molecule has 1 amide bonds. The molecular weight excluding hydrogens is 516 g/mol. The summed E-state index contributed by atoms with van der Waals surface area (Å²) in [7, 11) is 1.40. The molecule has 1 aliphatic heterocycles. The third-order valence-electron chi connectivity index (χ3n) is 5.62. The minimum atomic E-state index is -0.947. The Morgan fingerprint density at radius 1 is 1.17 bits per heavy atom. The fraction of sp³-hybridized carbons (Fsp3) is 0.192. The zero-order chi connectivity index (χ0) is 25.1. The average Bonchev–Trinajstić information content (AvgIpc) is 3.11. The number of aromatic hydroxyl groups is 1. The molecule has 4 rings (SSSR count). The monoisotopic (exact) mass is 538 g/mol. The van der Waals surface area contributed by atoms with E-state index < -0.39 is 17.7 Å². The molecule has 0 aliphatic carbocycles. The van der Waals surface area contributed by atoms with E-state index in [2.05, 4.69) is 20.9 Å². The van der Waals surface area contributed by atoms with Gasteiger partial charge >= 0.3 is 0 Å². The lowest BCUT2D eigenvalue weighted by molar-refractivity contribution is -0.140. The Morgan fingerprint density at radius 3 is 2.66 bits per heavy atom. The summed E-state index contributed by atoms with van der Waals surface area (Å²) >= 11 is 3.31. The summed E-state index contributed by atoms with van der Waals surface area (Å²) in [4.78, 5) is 31.9. The summed E-state index contributed by atoms with van der Waals surface area (Å²) in [5, 5.41) is 21.6. The first-order valence-electron chi connectivity index (χ1n) is 10.8. The van der Waals surface area contributed by atoms with Crippen molar-refractivity contribution in [2.45, 2.75) is 19.5 Å². The van der Waals surface area contributed by atoms with E-state index in [0.29, 0.717) is 33.5 Å². The van der Waals surface area contributed by atoms with Gasteiger partial charge in [-0.1, -0.05) is 18.2 Å². The van der Waals surface area contributed by atoms with Gasteiger partial charge in [0.25, 0.3) is 11.7 Å². The highest BCUT2D eigenvalue weighted by atomic mass is 79.9. The molecule has 0 spiro atoms. The Morgan fingerprint density at radius 2 is 1.97 bits per heavy atom. The normalized spacial score (nSPS) is 17.0. The summed E-state index contributed by atoms with van der Waals surface area (Å²) < 4.78 is 11.1. The molecule has 1 unspecified atom stereocenters. The van der Waals surface area contributed by atoms with Gasteiger partial charge in [-0.25, -0.2) is 0 Å². The van der Waals surface area contributed by atoms with Crippen LogP contribution in [0.2, 0.25) is 0 Å². The van der Waals surface area contributed by atoms with Crippen LogP contribution >= 0.6 is 15.9 Å². The molecule has 180 valence electrons. The van der Waals surface area contributed by atoms with Crippen LogP contribution < -0.4 is 9.47 Å². The fourth-order valence-corrected chi connectivity index (χ4v) is 4.50. The number of methoxy groups -OCH3 is 1. The highest BCUT2D eigenvalue weighted by molar-refractivity contribution is 9.10. The van der Waals surface area contributed by atoms with Gasteiger partial charge < -0.3 is 24.6 Å². The maximum Gasteiger partial charge on any atom is 0.295 e. The van der Waals surface area contributed by atoms with Crippen molar-refractivity contribution >= 4 is 33.4 Å². The zero-order valence-corrected chi connectivity index (χ0v) is 20.7. The maximum absolute atomic E-state index is 13.3.